The van der Waals surface area contributed by atoms with Gasteiger partial charge in [-0.25, -0.2) is 9.50 Å². The molecule has 2 rings (SSSR count). The van der Waals surface area contributed by atoms with Gasteiger partial charge < -0.3 is 10.4 Å². The van der Waals surface area contributed by atoms with Gasteiger partial charge in [-0.3, -0.25) is 9.59 Å². The summed E-state index contributed by atoms with van der Waals surface area (Å²) in [6, 6.07) is -0.494. The van der Waals surface area contributed by atoms with Crippen LogP contribution in [0, 0.1) is 5.92 Å². The third-order valence-electron chi connectivity index (χ3n) is 3.48. The lowest BCUT2D eigenvalue weighted by Gasteiger charge is -2.18. The van der Waals surface area contributed by atoms with Crippen LogP contribution in [0.4, 0.5) is 0 Å². The minimum Gasteiger partial charge on any atom is -0.481 e. The zero-order valence-electron chi connectivity index (χ0n) is 12.1. The molecule has 1 amide bonds. The Hall–Kier alpha value is -2.51. The van der Waals surface area contributed by atoms with E-state index in [0.29, 0.717) is 23.5 Å². The number of rotatable bonds is 5. The normalized spacial score (nSPS) is 13.9. The fraction of sp³-hybridized carbons (Fsp3) is 0.462. The minimum absolute atomic E-state index is 0.364. The molecule has 112 valence electrons. The monoisotopic (exact) mass is 291 g/mol. The van der Waals surface area contributed by atoms with Crippen LogP contribution in [0.3, 0.4) is 0 Å². The van der Waals surface area contributed by atoms with E-state index in [0.717, 1.165) is 0 Å². The molecule has 2 atom stereocenters. The molecule has 2 aromatic heterocycles. The molecule has 0 aromatic carbocycles. The largest absolute Gasteiger partial charge is 0.481 e. The molecule has 21 heavy (non-hydrogen) atoms. The highest BCUT2D eigenvalue weighted by Gasteiger charge is 2.23. The van der Waals surface area contributed by atoms with E-state index in [9.17, 15) is 9.59 Å². The van der Waals surface area contributed by atoms with Gasteiger partial charge in [-0.1, -0.05) is 6.92 Å². The maximum Gasteiger partial charge on any atom is 0.308 e. The molecule has 0 saturated heterocycles. The minimum atomic E-state index is -0.955. The van der Waals surface area contributed by atoms with E-state index in [1.807, 2.05) is 6.92 Å². The Kier molecular flexibility index (Phi) is 4.15. The molecule has 0 aliphatic carbocycles. The molecule has 0 saturated carbocycles. The first-order valence-corrected chi connectivity index (χ1v) is 6.67. The van der Waals surface area contributed by atoms with Crippen LogP contribution >= 0.6 is 0 Å². The van der Waals surface area contributed by atoms with Crippen molar-refractivity contribution in [3.8, 4) is 0 Å². The van der Waals surface area contributed by atoms with Gasteiger partial charge >= 0.3 is 5.97 Å². The van der Waals surface area contributed by atoms with Gasteiger partial charge in [0, 0.05) is 12.2 Å². The number of aryl methyl sites for hydroxylation is 1. The number of aliphatic carboxylic acids is 1. The highest BCUT2D eigenvalue weighted by molar-refractivity contribution is 5.95. The highest BCUT2D eigenvalue weighted by Crippen LogP contribution is 2.11. The summed E-state index contributed by atoms with van der Waals surface area (Å²) in [6.07, 6.45) is 3.39. The van der Waals surface area contributed by atoms with Crippen LogP contribution in [0.5, 0.6) is 0 Å². The van der Waals surface area contributed by atoms with Crippen molar-refractivity contribution in [1.82, 2.24) is 24.9 Å². The first kappa shape index (κ1) is 14.9. The van der Waals surface area contributed by atoms with Gasteiger partial charge in [0.05, 0.1) is 17.2 Å². The van der Waals surface area contributed by atoms with Crippen molar-refractivity contribution in [3.63, 3.8) is 0 Å². The summed E-state index contributed by atoms with van der Waals surface area (Å²) in [5, 5.41) is 15.7. The lowest BCUT2D eigenvalue weighted by atomic mass is 10.0. The van der Waals surface area contributed by atoms with Crippen LogP contribution in [0.25, 0.3) is 5.78 Å². The summed E-state index contributed by atoms with van der Waals surface area (Å²) in [5.74, 6) is -1.57. The summed E-state index contributed by atoms with van der Waals surface area (Å²) in [4.78, 5) is 31.3. The molecule has 2 heterocycles. The van der Waals surface area contributed by atoms with Crippen molar-refractivity contribution in [2.24, 2.45) is 5.92 Å². The predicted molar refractivity (Wildman–Crippen MR) is 73.9 cm³/mol. The summed E-state index contributed by atoms with van der Waals surface area (Å²) in [7, 11) is 0. The molecule has 0 radical (unpaired) electrons. The fourth-order valence-corrected chi connectivity index (χ4v) is 1.98. The smallest absolute Gasteiger partial charge is 0.308 e. The Bertz CT molecular complexity index is 681. The van der Waals surface area contributed by atoms with E-state index in [4.69, 9.17) is 5.11 Å². The molecule has 2 N–H and O–H groups in total. The second-order valence-corrected chi connectivity index (χ2v) is 4.83. The van der Waals surface area contributed by atoms with Crippen LogP contribution in [-0.2, 0) is 11.2 Å². The summed E-state index contributed by atoms with van der Waals surface area (Å²) < 4.78 is 1.51. The molecule has 2 aromatic rings. The average molecular weight is 291 g/mol. The number of fused-ring (bicyclic) bond motifs is 1. The topological polar surface area (TPSA) is 109 Å². The summed E-state index contributed by atoms with van der Waals surface area (Å²) in [5.41, 5.74) is 1.06. The number of nitrogens with one attached hydrogen (secondary N) is 1. The Morgan fingerprint density at radius 2 is 2.10 bits per heavy atom. The number of nitrogens with zero attached hydrogens (tertiary/aromatic N) is 4. The third kappa shape index (κ3) is 2.83. The fourth-order valence-electron chi connectivity index (χ4n) is 1.98. The number of carboxylic acid groups (broad SMARTS) is 1. The zero-order valence-corrected chi connectivity index (χ0v) is 12.1. The van der Waals surface area contributed by atoms with Crippen LogP contribution in [0.2, 0.25) is 0 Å². The zero-order chi connectivity index (χ0) is 15.6. The van der Waals surface area contributed by atoms with Crippen molar-refractivity contribution in [2.75, 3.05) is 0 Å². The Balaban J connectivity index is 2.29. The quantitative estimate of drug-likeness (QED) is 0.831. The maximum absolute atomic E-state index is 12.3. The molecular weight excluding hydrogens is 274 g/mol. The number of hydrogen-bond acceptors (Lipinski definition) is 5. The van der Waals surface area contributed by atoms with E-state index in [2.05, 4.69) is 20.4 Å². The van der Waals surface area contributed by atoms with Crippen molar-refractivity contribution in [2.45, 2.75) is 33.2 Å². The molecule has 0 aliphatic heterocycles. The molecule has 0 spiro atoms. The maximum atomic E-state index is 12.3. The predicted octanol–water partition coefficient (Wildman–Crippen LogP) is 0.526. The van der Waals surface area contributed by atoms with Gasteiger partial charge in [0.15, 0.2) is 0 Å². The Labute approximate surface area is 121 Å². The van der Waals surface area contributed by atoms with Crippen LogP contribution < -0.4 is 5.32 Å². The van der Waals surface area contributed by atoms with Gasteiger partial charge in [0.25, 0.3) is 11.7 Å². The number of hydrogen-bond donors (Lipinski definition) is 2. The van der Waals surface area contributed by atoms with Gasteiger partial charge in [0.1, 0.15) is 6.33 Å². The first-order chi connectivity index (χ1) is 9.95. The Morgan fingerprint density at radius 3 is 2.71 bits per heavy atom. The van der Waals surface area contributed by atoms with Crippen molar-refractivity contribution in [1.29, 1.82) is 0 Å². The van der Waals surface area contributed by atoms with Crippen molar-refractivity contribution >= 4 is 17.7 Å². The standard InChI is InChI=1S/C13H17N5O3/c1-4-10-9(5-14-13-15-6-16-18(10)13)11(19)17-8(3)7(2)12(20)21/h5-8H,4H2,1-3H3,(H,17,19)(H,20,21). The number of amides is 1. The molecule has 0 aliphatic rings. The van der Waals surface area contributed by atoms with Crippen molar-refractivity contribution in [3.05, 3.63) is 23.8 Å². The molecular formula is C13H17N5O3. The second kappa shape index (κ2) is 5.86. The van der Waals surface area contributed by atoms with Crippen molar-refractivity contribution < 1.29 is 14.7 Å². The van der Waals surface area contributed by atoms with Gasteiger partial charge in [-0.2, -0.15) is 10.1 Å². The SMILES string of the molecule is CCc1c(C(=O)NC(C)C(C)C(=O)O)cnc2ncnn12. The van der Waals surface area contributed by atoms with Gasteiger partial charge in [-0.15, -0.1) is 0 Å². The lowest BCUT2D eigenvalue weighted by Crippen LogP contribution is -2.40. The number of carboxylic acids is 1. The number of carbonyl (C=O) groups is 2. The van der Waals surface area contributed by atoms with E-state index in [1.165, 1.54) is 17.0 Å². The molecule has 8 heteroatoms. The first-order valence-electron chi connectivity index (χ1n) is 6.67. The summed E-state index contributed by atoms with van der Waals surface area (Å²) >= 11 is 0. The van der Waals surface area contributed by atoms with Gasteiger partial charge in [0.2, 0.25) is 0 Å². The van der Waals surface area contributed by atoms with E-state index in [-0.39, 0.29) is 5.91 Å². The molecule has 0 fully saturated rings. The third-order valence-corrected chi connectivity index (χ3v) is 3.48. The second-order valence-electron chi connectivity index (χ2n) is 4.83. The highest BCUT2D eigenvalue weighted by atomic mass is 16.4. The van der Waals surface area contributed by atoms with E-state index in [1.54, 1.807) is 13.8 Å². The number of carbonyl (C=O) groups excluding carboxylic acids is 1. The van der Waals surface area contributed by atoms with Crippen LogP contribution in [0.1, 0.15) is 36.8 Å². The lowest BCUT2D eigenvalue weighted by molar-refractivity contribution is -0.141. The number of aromatic nitrogens is 4. The van der Waals surface area contributed by atoms with Crippen LogP contribution in [0.15, 0.2) is 12.5 Å². The Morgan fingerprint density at radius 1 is 1.38 bits per heavy atom. The average Bonchev–Trinajstić information content (AvgIpc) is 2.93. The molecule has 8 nitrogen and oxygen atoms in total. The van der Waals surface area contributed by atoms with E-state index >= 15 is 0 Å². The van der Waals surface area contributed by atoms with Crippen LogP contribution in [-0.4, -0.2) is 42.6 Å². The van der Waals surface area contributed by atoms with E-state index < -0.39 is 17.9 Å². The van der Waals surface area contributed by atoms with Gasteiger partial charge in [-0.05, 0) is 20.3 Å². The summed E-state index contributed by atoms with van der Waals surface area (Å²) in [6.45, 7) is 5.10. The molecule has 0 bridgehead atoms. The molecule has 2 unspecified atom stereocenters.